The lowest BCUT2D eigenvalue weighted by atomic mass is 10.0. The zero-order valence-corrected chi connectivity index (χ0v) is 13.0. The van der Waals surface area contributed by atoms with Crippen LogP contribution in [-0.2, 0) is 10.0 Å². The summed E-state index contributed by atoms with van der Waals surface area (Å²) in [6.07, 6.45) is 0. The quantitative estimate of drug-likeness (QED) is 0.926. The van der Waals surface area contributed by atoms with Crippen molar-refractivity contribution in [1.29, 1.82) is 0 Å². The summed E-state index contributed by atoms with van der Waals surface area (Å²) in [6.45, 7) is 5.70. The Morgan fingerprint density at radius 2 is 1.67 bits per heavy atom. The van der Waals surface area contributed by atoms with E-state index in [1.807, 2.05) is 13.8 Å². The van der Waals surface area contributed by atoms with Gasteiger partial charge in [-0.05, 0) is 48.2 Å². The smallest absolute Gasteiger partial charge is 0.261 e. The van der Waals surface area contributed by atoms with Crippen molar-refractivity contribution in [1.82, 2.24) is 0 Å². The third-order valence-electron chi connectivity index (χ3n) is 3.28. The van der Waals surface area contributed by atoms with Gasteiger partial charge < -0.3 is 0 Å². The van der Waals surface area contributed by atoms with Gasteiger partial charge >= 0.3 is 0 Å². The topological polar surface area (TPSA) is 46.2 Å². The van der Waals surface area contributed by atoms with Gasteiger partial charge in [0.15, 0.2) is 0 Å². The summed E-state index contributed by atoms with van der Waals surface area (Å²) in [5, 5.41) is 0. The van der Waals surface area contributed by atoms with Crippen molar-refractivity contribution >= 4 is 15.7 Å². The van der Waals surface area contributed by atoms with Crippen LogP contribution in [0.1, 0.15) is 30.9 Å². The van der Waals surface area contributed by atoms with Crippen LogP contribution in [0.15, 0.2) is 47.4 Å². The zero-order valence-electron chi connectivity index (χ0n) is 12.2. The second-order valence-corrected chi connectivity index (χ2v) is 6.98. The molecule has 0 aliphatic carbocycles. The monoisotopic (exact) mass is 307 g/mol. The highest BCUT2D eigenvalue weighted by Gasteiger charge is 2.15. The molecule has 0 radical (unpaired) electrons. The maximum atomic E-state index is 13.5. The molecule has 0 aliphatic heterocycles. The van der Waals surface area contributed by atoms with Gasteiger partial charge in [0, 0.05) is 0 Å². The SMILES string of the molecule is Cc1ccc(NS(=O)(=O)c2ccc(C(C)C)cc2)cc1F. The molecule has 3 nitrogen and oxygen atoms in total. The van der Waals surface area contributed by atoms with Gasteiger partial charge in [0.05, 0.1) is 10.6 Å². The van der Waals surface area contributed by atoms with Crippen LogP contribution in [0.3, 0.4) is 0 Å². The first-order valence-electron chi connectivity index (χ1n) is 6.68. The summed E-state index contributed by atoms with van der Waals surface area (Å²) >= 11 is 0. The van der Waals surface area contributed by atoms with Crippen LogP contribution in [0, 0.1) is 12.7 Å². The average molecular weight is 307 g/mol. The maximum absolute atomic E-state index is 13.5. The molecule has 21 heavy (non-hydrogen) atoms. The molecule has 0 heterocycles. The fourth-order valence-corrected chi connectivity index (χ4v) is 2.95. The largest absolute Gasteiger partial charge is 0.280 e. The summed E-state index contributed by atoms with van der Waals surface area (Å²) in [4.78, 5) is 0.160. The predicted octanol–water partition coefficient (Wildman–Crippen LogP) is 4.06. The Balaban J connectivity index is 2.27. The molecule has 0 atom stereocenters. The third-order valence-corrected chi connectivity index (χ3v) is 4.68. The maximum Gasteiger partial charge on any atom is 0.261 e. The predicted molar refractivity (Wildman–Crippen MR) is 82.5 cm³/mol. The van der Waals surface area contributed by atoms with Crippen molar-refractivity contribution < 1.29 is 12.8 Å². The minimum atomic E-state index is -3.70. The van der Waals surface area contributed by atoms with Crippen molar-refractivity contribution in [3.63, 3.8) is 0 Å². The molecule has 5 heteroatoms. The molecule has 1 N–H and O–H groups in total. The van der Waals surface area contributed by atoms with Gasteiger partial charge in [0.2, 0.25) is 0 Å². The molecule has 0 saturated heterocycles. The molecule has 0 fully saturated rings. The van der Waals surface area contributed by atoms with Crippen LogP contribution in [0.5, 0.6) is 0 Å². The number of halogens is 1. The molecule has 0 unspecified atom stereocenters. The molecule has 0 amide bonds. The molecule has 0 saturated carbocycles. The molecule has 0 aliphatic rings. The van der Waals surface area contributed by atoms with Gasteiger partial charge in [-0.3, -0.25) is 4.72 Å². The average Bonchev–Trinajstić information content (AvgIpc) is 2.43. The van der Waals surface area contributed by atoms with Gasteiger partial charge in [-0.15, -0.1) is 0 Å². The summed E-state index contributed by atoms with van der Waals surface area (Å²) in [5.41, 5.74) is 1.75. The lowest BCUT2D eigenvalue weighted by Gasteiger charge is -2.10. The highest BCUT2D eigenvalue weighted by molar-refractivity contribution is 7.92. The van der Waals surface area contributed by atoms with E-state index in [0.717, 1.165) is 5.56 Å². The number of hydrogen-bond acceptors (Lipinski definition) is 2. The number of rotatable bonds is 4. The molecule has 2 aromatic rings. The van der Waals surface area contributed by atoms with E-state index in [4.69, 9.17) is 0 Å². The standard InChI is InChI=1S/C16H18FNO2S/c1-11(2)13-5-8-15(9-6-13)21(19,20)18-14-7-4-12(3)16(17)10-14/h4-11,18H,1-3H3. The van der Waals surface area contributed by atoms with E-state index in [1.54, 1.807) is 37.3 Å². The van der Waals surface area contributed by atoms with Crippen molar-refractivity contribution in [2.45, 2.75) is 31.6 Å². The van der Waals surface area contributed by atoms with E-state index < -0.39 is 15.8 Å². The highest BCUT2D eigenvalue weighted by Crippen LogP contribution is 2.21. The molecule has 0 aromatic heterocycles. The van der Waals surface area contributed by atoms with Gasteiger partial charge in [-0.25, -0.2) is 12.8 Å². The highest BCUT2D eigenvalue weighted by atomic mass is 32.2. The Kier molecular flexibility index (Phi) is 4.32. The van der Waals surface area contributed by atoms with Crippen LogP contribution in [-0.4, -0.2) is 8.42 Å². The summed E-state index contributed by atoms with van der Waals surface area (Å²) < 4.78 is 40.3. The number of anilines is 1. The van der Waals surface area contributed by atoms with Crippen LogP contribution in [0.2, 0.25) is 0 Å². The normalized spacial score (nSPS) is 11.7. The van der Waals surface area contributed by atoms with E-state index >= 15 is 0 Å². The van der Waals surface area contributed by atoms with Crippen molar-refractivity contribution in [3.05, 3.63) is 59.4 Å². The fraction of sp³-hybridized carbons (Fsp3) is 0.250. The molecule has 112 valence electrons. The Bertz CT molecular complexity index is 737. The second-order valence-electron chi connectivity index (χ2n) is 5.29. The number of hydrogen-bond donors (Lipinski definition) is 1. The van der Waals surface area contributed by atoms with E-state index in [0.29, 0.717) is 11.5 Å². The summed E-state index contributed by atoms with van der Waals surface area (Å²) in [5.74, 6) is -0.105. The Labute approximate surface area is 124 Å². The minimum Gasteiger partial charge on any atom is -0.280 e. The minimum absolute atomic E-state index is 0.160. The van der Waals surface area contributed by atoms with E-state index in [9.17, 15) is 12.8 Å². The number of aryl methyl sites for hydroxylation is 1. The molecular formula is C16H18FNO2S. The number of benzene rings is 2. The molecule has 2 rings (SSSR count). The third kappa shape index (κ3) is 3.61. The summed E-state index contributed by atoms with van der Waals surface area (Å²) in [7, 11) is -3.70. The number of nitrogens with one attached hydrogen (secondary N) is 1. The van der Waals surface area contributed by atoms with E-state index in [-0.39, 0.29) is 10.6 Å². The van der Waals surface area contributed by atoms with E-state index in [1.165, 1.54) is 12.1 Å². The Morgan fingerprint density at radius 1 is 1.05 bits per heavy atom. The van der Waals surface area contributed by atoms with E-state index in [2.05, 4.69) is 4.72 Å². The van der Waals surface area contributed by atoms with Crippen molar-refractivity contribution in [2.24, 2.45) is 0 Å². The molecule has 0 bridgehead atoms. The molecule has 0 spiro atoms. The lowest BCUT2D eigenvalue weighted by Crippen LogP contribution is -2.13. The first kappa shape index (κ1) is 15.5. The first-order chi connectivity index (χ1) is 9.79. The van der Waals surface area contributed by atoms with Crippen molar-refractivity contribution in [2.75, 3.05) is 4.72 Å². The Hall–Kier alpha value is -1.88. The Morgan fingerprint density at radius 3 is 2.19 bits per heavy atom. The summed E-state index contributed by atoms with van der Waals surface area (Å²) in [6, 6.07) is 10.9. The van der Waals surface area contributed by atoms with Gasteiger partial charge in [-0.1, -0.05) is 32.0 Å². The first-order valence-corrected chi connectivity index (χ1v) is 8.17. The van der Waals surface area contributed by atoms with Crippen LogP contribution < -0.4 is 4.72 Å². The van der Waals surface area contributed by atoms with Gasteiger partial charge in [-0.2, -0.15) is 0 Å². The number of sulfonamides is 1. The second kappa shape index (κ2) is 5.85. The molecular weight excluding hydrogens is 289 g/mol. The zero-order chi connectivity index (χ0) is 15.6. The van der Waals surface area contributed by atoms with Gasteiger partial charge in [0.1, 0.15) is 5.82 Å². The van der Waals surface area contributed by atoms with Gasteiger partial charge in [0.25, 0.3) is 10.0 Å². The lowest BCUT2D eigenvalue weighted by molar-refractivity contribution is 0.601. The fourth-order valence-electron chi connectivity index (χ4n) is 1.90. The van der Waals surface area contributed by atoms with Crippen LogP contribution in [0.4, 0.5) is 10.1 Å². The van der Waals surface area contributed by atoms with Crippen LogP contribution >= 0.6 is 0 Å². The van der Waals surface area contributed by atoms with Crippen LogP contribution in [0.25, 0.3) is 0 Å². The van der Waals surface area contributed by atoms with Crippen molar-refractivity contribution in [3.8, 4) is 0 Å². The molecule has 2 aromatic carbocycles.